The van der Waals surface area contributed by atoms with Gasteiger partial charge in [-0.1, -0.05) is 51.9 Å². The number of carbonyl (C=O) groups excluding carboxylic acids is 1. The predicted octanol–water partition coefficient (Wildman–Crippen LogP) is 0.119. The van der Waals surface area contributed by atoms with Gasteiger partial charge in [0.15, 0.2) is 0 Å². The molecule has 0 saturated heterocycles. The van der Waals surface area contributed by atoms with Crippen LogP contribution in [0.1, 0.15) is 66.1 Å². The quantitative estimate of drug-likeness (QED) is 0.425. The fourth-order valence-electron chi connectivity index (χ4n) is 1.43. The molecule has 0 aromatic rings. The molecule has 0 spiro atoms. The Bertz CT molecular complexity index is 134. The molecule has 0 fully saturated rings. The number of hydrogen-bond acceptors (Lipinski definition) is 1. The van der Waals surface area contributed by atoms with Crippen LogP contribution in [0.3, 0.4) is 0 Å². The molecule has 0 aromatic carbocycles. The van der Waals surface area contributed by atoms with E-state index in [0.717, 1.165) is 12.8 Å². The number of amides is 1. The number of unbranched alkanes of at least 4 members (excludes halogenated alkanes) is 7. The second-order valence-corrected chi connectivity index (χ2v) is 3.69. The number of carbonyl (C=O) groups is 1. The van der Waals surface area contributed by atoms with Crippen molar-refractivity contribution in [1.82, 2.24) is 0 Å². The van der Waals surface area contributed by atoms with Gasteiger partial charge in [-0.15, -0.1) is 0 Å². The first-order valence-corrected chi connectivity index (χ1v) is 5.55. The van der Waals surface area contributed by atoms with Crippen LogP contribution >= 0.6 is 0 Å². The Balaban J connectivity index is -0.000000720. The molecule has 0 heterocycles. The minimum atomic E-state index is -0.161. The zero-order valence-corrected chi connectivity index (χ0v) is 11.8. The molecule has 0 aliphatic carbocycles. The molecular formula is C11H24NNaO. The molecule has 2 nitrogen and oxygen atoms in total. The molecule has 14 heavy (non-hydrogen) atoms. The molecular weight excluding hydrogens is 185 g/mol. The van der Waals surface area contributed by atoms with Crippen LogP contribution in [0.5, 0.6) is 0 Å². The third-order valence-electron chi connectivity index (χ3n) is 2.28. The molecule has 0 rings (SSSR count). The Morgan fingerprint density at radius 2 is 1.43 bits per heavy atom. The summed E-state index contributed by atoms with van der Waals surface area (Å²) in [7, 11) is 0. The maximum absolute atomic E-state index is 10.4. The van der Waals surface area contributed by atoms with Crippen molar-refractivity contribution in [3.63, 3.8) is 0 Å². The average Bonchev–Trinajstić information content (AvgIpc) is 2.09. The van der Waals surface area contributed by atoms with Crippen LogP contribution in [-0.4, -0.2) is 5.91 Å². The standard InChI is InChI=1S/C11H23NO.Na.H/c1-2-3-4-5-6-7-8-9-10-11(12)13;;/h2-10H2,1H3,(H2,12,13);;/q;+1;-1. The minimum absolute atomic E-state index is 0. The topological polar surface area (TPSA) is 43.1 Å². The first kappa shape index (κ1) is 16.9. The maximum atomic E-state index is 10.4. The Kier molecular flexibility index (Phi) is 16.2. The van der Waals surface area contributed by atoms with Gasteiger partial charge in [0.1, 0.15) is 0 Å². The fraction of sp³-hybridized carbons (Fsp3) is 0.909. The van der Waals surface area contributed by atoms with E-state index in [2.05, 4.69) is 6.92 Å². The van der Waals surface area contributed by atoms with Gasteiger partial charge < -0.3 is 7.16 Å². The molecule has 0 aromatic heterocycles. The van der Waals surface area contributed by atoms with Gasteiger partial charge in [-0.3, -0.25) is 4.79 Å². The summed E-state index contributed by atoms with van der Waals surface area (Å²) in [6.45, 7) is 2.23. The van der Waals surface area contributed by atoms with Gasteiger partial charge in [0.25, 0.3) is 0 Å². The summed E-state index contributed by atoms with van der Waals surface area (Å²) < 4.78 is 0. The first-order valence-electron chi connectivity index (χ1n) is 5.55. The predicted molar refractivity (Wildman–Crippen MR) is 57.5 cm³/mol. The molecule has 3 heteroatoms. The molecule has 0 aliphatic rings. The van der Waals surface area contributed by atoms with E-state index in [1.165, 1.54) is 38.5 Å². The summed E-state index contributed by atoms with van der Waals surface area (Å²) in [6.07, 6.45) is 10.7. The fourth-order valence-corrected chi connectivity index (χ4v) is 1.43. The van der Waals surface area contributed by atoms with Crippen molar-refractivity contribution < 1.29 is 35.8 Å². The van der Waals surface area contributed by atoms with E-state index in [1.807, 2.05) is 0 Å². The molecule has 1 amide bonds. The van der Waals surface area contributed by atoms with Crippen molar-refractivity contribution in [2.75, 3.05) is 0 Å². The number of primary amides is 1. The Labute approximate surface area is 112 Å². The molecule has 0 unspecified atom stereocenters. The second-order valence-electron chi connectivity index (χ2n) is 3.69. The van der Waals surface area contributed by atoms with E-state index in [4.69, 9.17) is 5.73 Å². The SMILES string of the molecule is CCCCCCCCCCC(N)=O.[H-].[Na+]. The van der Waals surface area contributed by atoms with Gasteiger partial charge in [0, 0.05) is 6.42 Å². The summed E-state index contributed by atoms with van der Waals surface area (Å²) >= 11 is 0. The van der Waals surface area contributed by atoms with Crippen LogP contribution in [-0.2, 0) is 4.79 Å². The second kappa shape index (κ2) is 13.5. The molecule has 0 aliphatic heterocycles. The van der Waals surface area contributed by atoms with Crippen molar-refractivity contribution in [3.05, 3.63) is 0 Å². The van der Waals surface area contributed by atoms with Crippen LogP contribution in [0.2, 0.25) is 0 Å². The van der Waals surface area contributed by atoms with Crippen molar-refractivity contribution >= 4 is 5.91 Å². The van der Waals surface area contributed by atoms with E-state index in [1.54, 1.807) is 0 Å². The van der Waals surface area contributed by atoms with E-state index >= 15 is 0 Å². The van der Waals surface area contributed by atoms with Crippen molar-refractivity contribution in [2.45, 2.75) is 64.7 Å². The maximum Gasteiger partial charge on any atom is 1.00 e. The number of nitrogens with two attached hydrogens (primary N) is 1. The van der Waals surface area contributed by atoms with Gasteiger partial charge >= 0.3 is 29.6 Å². The van der Waals surface area contributed by atoms with Gasteiger partial charge in [0.2, 0.25) is 5.91 Å². The zero-order chi connectivity index (χ0) is 9.94. The summed E-state index contributed by atoms with van der Waals surface area (Å²) in [5.41, 5.74) is 5.03. The molecule has 0 atom stereocenters. The van der Waals surface area contributed by atoms with Gasteiger partial charge in [-0.2, -0.15) is 0 Å². The average molecular weight is 209 g/mol. The Hall–Kier alpha value is 0.470. The van der Waals surface area contributed by atoms with Crippen molar-refractivity contribution in [1.29, 1.82) is 0 Å². The van der Waals surface area contributed by atoms with E-state index in [0.29, 0.717) is 6.42 Å². The van der Waals surface area contributed by atoms with Crippen LogP contribution in [0.25, 0.3) is 0 Å². The minimum Gasteiger partial charge on any atom is -1.00 e. The molecule has 0 radical (unpaired) electrons. The van der Waals surface area contributed by atoms with Crippen LogP contribution < -0.4 is 35.3 Å². The molecule has 2 N–H and O–H groups in total. The zero-order valence-electron chi connectivity index (χ0n) is 10.8. The summed E-state index contributed by atoms with van der Waals surface area (Å²) in [5, 5.41) is 0. The van der Waals surface area contributed by atoms with Crippen LogP contribution in [0.4, 0.5) is 0 Å². The van der Waals surface area contributed by atoms with Gasteiger partial charge in [0.05, 0.1) is 0 Å². The Morgan fingerprint density at radius 3 is 1.86 bits per heavy atom. The first-order chi connectivity index (χ1) is 6.27. The smallest absolute Gasteiger partial charge is 1.00 e. The molecule has 0 saturated carbocycles. The third kappa shape index (κ3) is 15.0. The number of rotatable bonds is 9. The summed E-state index contributed by atoms with van der Waals surface area (Å²) in [5.74, 6) is -0.161. The van der Waals surface area contributed by atoms with Gasteiger partial charge in [-0.05, 0) is 6.42 Å². The van der Waals surface area contributed by atoms with Crippen LogP contribution in [0.15, 0.2) is 0 Å². The van der Waals surface area contributed by atoms with Crippen molar-refractivity contribution in [2.24, 2.45) is 5.73 Å². The molecule has 0 bridgehead atoms. The van der Waals surface area contributed by atoms with Crippen molar-refractivity contribution in [3.8, 4) is 0 Å². The van der Waals surface area contributed by atoms with Crippen LogP contribution in [0, 0.1) is 0 Å². The van der Waals surface area contributed by atoms with E-state index in [-0.39, 0.29) is 36.9 Å². The van der Waals surface area contributed by atoms with E-state index < -0.39 is 0 Å². The Morgan fingerprint density at radius 1 is 1.00 bits per heavy atom. The third-order valence-corrected chi connectivity index (χ3v) is 2.28. The molecule has 80 valence electrons. The van der Waals surface area contributed by atoms with Gasteiger partial charge in [-0.25, -0.2) is 0 Å². The summed E-state index contributed by atoms with van der Waals surface area (Å²) in [6, 6.07) is 0. The largest absolute Gasteiger partial charge is 1.00 e. The van der Waals surface area contributed by atoms with E-state index in [9.17, 15) is 4.79 Å². The summed E-state index contributed by atoms with van der Waals surface area (Å²) in [4.78, 5) is 10.4. The monoisotopic (exact) mass is 209 g/mol. The normalized spacial score (nSPS) is 9.50. The number of hydrogen-bond donors (Lipinski definition) is 1.